The molecule has 122 valence electrons. The first kappa shape index (κ1) is 17.2. The third-order valence-electron chi connectivity index (χ3n) is 3.19. The van der Waals surface area contributed by atoms with Crippen molar-refractivity contribution in [3.05, 3.63) is 70.5 Å². The van der Waals surface area contributed by atoms with Crippen LogP contribution in [0, 0.1) is 5.82 Å². The molecule has 0 spiro atoms. The van der Waals surface area contributed by atoms with Gasteiger partial charge in [-0.2, -0.15) is 0 Å². The number of halogens is 2. The second kappa shape index (κ2) is 8.50. The van der Waals surface area contributed by atoms with Crippen LogP contribution >= 0.6 is 11.6 Å². The van der Waals surface area contributed by atoms with Crippen LogP contribution in [0.2, 0.25) is 5.02 Å². The summed E-state index contributed by atoms with van der Waals surface area (Å²) < 4.78 is 23.5. The first-order chi connectivity index (χ1) is 11.1. The lowest BCUT2D eigenvalue weighted by Gasteiger charge is -2.19. The number of carbonyl (C=O) groups is 1. The van der Waals surface area contributed by atoms with Gasteiger partial charge < -0.3 is 14.8 Å². The topological polar surface area (TPSA) is 47.6 Å². The number of rotatable bonds is 6. The van der Waals surface area contributed by atoms with Crippen LogP contribution in [0.5, 0.6) is 0 Å². The van der Waals surface area contributed by atoms with Crippen molar-refractivity contribution in [3.8, 4) is 0 Å². The summed E-state index contributed by atoms with van der Waals surface area (Å²) in [7, 11) is 1.30. The number of amides is 1. The number of hydrogen-bond acceptors (Lipinski definition) is 3. The molecule has 1 amide bonds. The van der Waals surface area contributed by atoms with Crippen molar-refractivity contribution in [2.45, 2.75) is 6.10 Å². The van der Waals surface area contributed by atoms with E-state index in [-0.39, 0.29) is 18.5 Å². The van der Waals surface area contributed by atoms with Crippen LogP contribution in [0.3, 0.4) is 0 Å². The van der Waals surface area contributed by atoms with Crippen LogP contribution in [-0.2, 0) is 9.47 Å². The molecule has 0 saturated heterocycles. The van der Waals surface area contributed by atoms with Crippen molar-refractivity contribution < 1.29 is 18.7 Å². The molecule has 0 fully saturated rings. The van der Waals surface area contributed by atoms with Gasteiger partial charge in [0.05, 0.1) is 13.7 Å². The van der Waals surface area contributed by atoms with Crippen molar-refractivity contribution >= 4 is 17.7 Å². The van der Waals surface area contributed by atoms with Crippen molar-refractivity contribution in [2.75, 3.05) is 20.3 Å². The fraction of sp³-hybridized carbons (Fsp3) is 0.235. The Balaban J connectivity index is 2.10. The Hall–Kier alpha value is -2.11. The van der Waals surface area contributed by atoms with Gasteiger partial charge in [-0.1, -0.05) is 35.9 Å². The van der Waals surface area contributed by atoms with Crippen LogP contribution in [0.15, 0.2) is 48.5 Å². The summed E-state index contributed by atoms with van der Waals surface area (Å²) in [5, 5.41) is 3.17. The minimum Gasteiger partial charge on any atom is -0.453 e. The highest BCUT2D eigenvalue weighted by Crippen LogP contribution is 2.27. The van der Waals surface area contributed by atoms with Gasteiger partial charge >= 0.3 is 6.09 Å². The van der Waals surface area contributed by atoms with E-state index in [1.54, 1.807) is 24.3 Å². The molecule has 0 aromatic heterocycles. The smallest absolute Gasteiger partial charge is 0.406 e. The molecule has 6 heteroatoms. The summed E-state index contributed by atoms with van der Waals surface area (Å²) in [6.45, 7) is 0.581. The summed E-state index contributed by atoms with van der Waals surface area (Å²) >= 11 is 5.91. The van der Waals surface area contributed by atoms with Gasteiger partial charge in [0.2, 0.25) is 0 Å². The van der Waals surface area contributed by atoms with E-state index in [2.05, 4.69) is 10.1 Å². The second-order valence-corrected chi connectivity index (χ2v) is 5.21. The molecule has 0 aliphatic carbocycles. The van der Waals surface area contributed by atoms with Gasteiger partial charge in [0.15, 0.2) is 0 Å². The Bertz CT molecular complexity index is 586. The van der Waals surface area contributed by atoms with E-state index in [1.165, 1.54) is 19.2 Å². The van der Waals surface area contributed by atoms with Gasteiger partial charge in [0.1, 0.15) is 11.9 Å². The second-order valence-electron chi connectivity index (χ2n) is 4.77. The highest BCUT2D eigenvalue weighted by atomic mass is 35.5. The third-order valence-corrected chi connectivity index (χ3v) is 3.44. The van der Waals surface area contributed by atoms with Gasteiger partial charge in [-0.25, -0.2) is 9.18 Å². The molecule has 1 atom stereocenters. The zero-order valence-electron chi connectivity index (χ0n) is 12.6. The van der Waals surface area contributed by atoms with E-state index in [1.807, 2.05) is 12.1 Å². The summed E-state index contributed by atoms with van der Waals surface area (Å²) in [6.07, 6.45) is -0.897. The number of ether oxygens (including phenoxy) is 2. The predicted octanol–water partition coefficient (Wildman–Crippen LogP) is 3.94. The molecule has 2 aromatic rings. The number of benzene rings is 2. The summed E-state index contributed by atoms with van der Waals surface area (Å²) in [5.41, 5.74) is 1.70. The van der Waals surface area contributed by atoms with Crippen molar-refractivity contribution in [1.29, 1.82) is 0 Å². The lowest BCUT2D eigenvalue weighted by molar-refractivity contribution is 0.0806. The molecule has 1 N–H and O–H groups in total. The van der Waals surface area contributed by atoms with Crippen molar-refractivity contribution in [2.24, 2.45) is 0 Å². The van der Waals surface area contributed by atoms with Gasteiger partial charge in [-0.15, -0.1) is 0 Å². The maximum atomic E-state index is 13.1. The monoisotopic (exact) mass is 337 g/mol. The van der Waals surface area contributed by atoms with Crippen molar-refractivity contribution in [3.63, 3.8) is 0 Å². The third kappa shape index (κ3) is 5.23. The number of alkyl carbamates (subject to hydrolysis) is 1. The zero-order chi connectivity index (χ0) is 16.7. The van der Waals surface area contributed by atoms with Crippen LogP contribution in [0.1, 0.15) is 17.2 Å². The molecule has 0 saturated carbocycles. The number of methoxy groups -OCH3 is 1. The van der Waals surface area contributed by atoms with Gasteiger partial charge in [0, 0.05) is 11.6 Å². The minimum atomic E-state index is -0.515. The maximum absolute atomic E-state index is 13.1. The molecule has 0 aliphatic heterocycles. The van der Waals surface area contributed by atoms with Gasteiger partial charge in [-0.05, 0) is 35.4 Å². The highest BCUT2D eigenvalue weighted by Gasteiger charge is 2.15. The van der Waals surface area contributed by atoms with Crippen LogP contribution in [0.25, 0.3) is 0 Å². The molecule has 23 heavy (non-hydrogen) atoms. The molecular weight excluding hydrogens is 321 g/mol. The quantitative estimate of drug-likeness (QED) is 0.812. The maximum Gasteiger partial charge on any atom is 0.406 e. The molecule has 1 unspecified atom stereocenters. The first-order valence-corrected chi connectivity index (χ1v) is 7.42. The number of hydrogen-bond donors (Lipinski definition) is 1. The fourth-order valence-electron chi connectivity index (χ4n) is 2.06. The van der Waals surface area contributed by atoms with E-state index in [4.69, 9.17) is 16.3 Å². The lowest BCUT2D eigenvalue weighted by Crippen LogP contribution is -2.27. The Kier molecular flexibility index (Phi) is 6.38. The van der Waals surface area contributed by atoms with Crippen LogP contribution < -0.4 is 5.32 Å². The van der Waals surface area contributed by atoms with Crippen LogP contribution in [0.4, 0.5) is 9.18 Å². The van der Waals surface area contributed by atoms with E-state index in [0.717, 1.165) is 11.1 Å². The Morgan fingerprint density at radius 3 is 2.26 bits per heavy atom. The Labute approximate surface area is 139 Å². The molecule has 4 nitrogen and oxygen atoms in total. The highest BCUT2D eigenvalue weighted by molar-refractivity contribution is 6.30. The van der Waals surface area contributed by atoms with E-state index >= 15 is 0 Å². The number of carbonyl (C=O) groups excluding carboxylic acids is 1. The Morgan fingerprint density at radius 2 is 1.70 bits per heavy atom. The van der Waals surface area contributed by atoms with E-state index < -0.39 is 6.09 Å². The van der Waals surface area contributed by atoms with Gasteiger partial charge in [-0.3, -0.25) is 0 Å². The fourth-order valence-corrected chi connectivity index (χ4v) is 2.19. The first-order valence-electron chi connectivity index (χ1n) is 7.04. The van der Waals surface area contributed by atoms with Crippen LogP contribution in [-0.4, -0.2) is 26.4 Å². The molecule has 0 aliphatic rings. The summed E-state index contributed by atoms with van der Waals surface area (Å²) in [6, 6.07) is 13.3. The van der Waals surface area contributed by atoms with Gasteiger partial charge in [0.25, 0.3) is 0 Å². The molecule has 0 bridgehead atoms. The largest absolute Gasteiger partial charge is 0.453 e. The average molecular weight is 338 g/mol. The van der Waals surface area contributed by atoms with E-state index in [9.17, 15) is 9.18 Å². The molecule has 0 radical (unpaired) electrons. The van der Waals surface area contributed by atoms with Crippen molar-refractivity contribution in [1.82, 2.24) is 5.32 Å². The SMILES string of the molecule is COC(=O)NCCOC(c1ccc(F)cc1)c1ccc(Cl)cc1. The summed E-state index contributed by atoms with van der Waals surface area (Å²) in [4.78, 5) is 11.0. The molecule has 2 rings (SSSR count). The van der Waals surface area contributed by atoms with E-state index in [0.29, 0.717) is 11.6 Å². The standard InChI is InChI=1S/C17H17ClFNO3/c1-22-17(21)20-10-11-23-16(12-2-6-14(18)7-3-12)13-4-8-15(19)9-5-13/h2-9,16H,10-11H2,1H3,(H,20,21). The normalized spacial score (nSPS) is 11.8. The molecular formula is C17H17ClFNO3. The lowest BCUT2D eigenvalue weighted by atomic mass is 10.0. The Morgan fingerprint density at radius 1 is 1.13 bits per heavy atom. The minimum absolute atomic E-state index is 0.278. The summed E-state index contributed by atoms with van der Waals surface area (Å²) in [5.74, 6) is -0.309. The number of nitrogens with one attached hydrogen (secondary N) is 1. The molecule has 0 heterocycles. The zero-order valence-corrected chi connectivity index (χ0v) is 13.3. The average Bonchev–Trinajstić information content (AvgIpc) is 2.57. The predicted molar refractivity (Wildman–Crippen MR) is 86.1 cm³/mol. The molecule has 2 aromatic carbocycles.